The van der Waals surface area contributed by atoms with Crippen LogP contribution in [0, 0.1) is 5.92 Å². The Hall–Kier alpha value is -0.650. The molecule has 0 radical (unpaired) electrons. The lowest BCUT2D eigenvalue weighted by Crippen LogP contribution is -2.36. The van der Waals surface area contributed by atoms with Gasteiger partial charge in [-0.2, -0.15) is 0 Å². The Balaban J connectivity index is 1.96. The molecule has 15 heavy (non-hydrogen) atoms. The maximum absolute atomic E-state index is 10.4. The van der Waals surface area contributed by atoms with Crippen LogP contribution in [0.25, 0.3) is 0 Å². The zero-order valence-corrected chi connectivity index (χ0v) is 9.20. The van der Waals surface area contributed by atoms with Crippen LogP contribution in [0.15, 0.2) is 0 Å². The Morgan fingerprint density at radius 1 is 1.73 bits per heavy atom. The number of primary amides is 1. The van der Waals surface area contributed by atoms with Crippen LogP contribution in [0.3, 0.4) is 0 Å². The van der Waals surface area contributed by atoms with E-state index in [2.05, 4.69) is 12.2 Å². The van der Waals surface area contributed by atoms with E-state index in [1.165, 1.54) is 0 Å². The molecule has 3 N–H and O–H groups in total. The Morgan fingerprint density at radius 3 is 3.13 bits per heavy atom. The Morgan fingerprint density at radius 2 is 2.53 bits per heavy atom. The van der Waals surface area contributed by atoms with Gasteiger partial charge in [-0.15, -0.1) is 0 Å². The Bertz CT molecular complexity index is 193. The first-order chi connectivity index (χ1) is 7.20. The second-order valence-corrected chi connectivity index (χ2v) is 3.89. The molecule has 0 spiro atoms. The van der Waals surface area contributed by atoms with Gasteiger partial charge in [-0.05, 0) is 19.3 Å². The first kappa shape index (κ1) is 12.4. The predicted octanol–water partition coefficient (Wildman–Crippen LogP) is -0.497. The minimum Gasteiger partial charge on any atom is -0.381 e. The molecule has 0 aliphatic carbocycles. The maximum atomic E-state index is 10.4. The summed E-state index contributed by atoms with van der Waals surface area (Å²) in [5.41, 5.74) is 4.93. The van der Waals surface area contributed by atoms with Gasteiger partial charge in [-0.1, -0.05) is 0 Å². The molecule has 1 amide bonds. The summed E-state index contributed by atoms with van der Waals surface area (Å²) < 4.78 is 10.3. The number of nitrogens with one attached hydrogen (secondary N) is 1. The predicted molar refractivity (Wildman–Crippen MR) is 56.4 cm³/mol. The van der Waals surface area contributed by atoms with E-state index < -0.39 is 5.91 Å². The van der Waals surface area contributed by atoms with Crippen molar-refractivity contribution in [1.82, 2.24) is 5.32 Å². The molecular formula is C10H20N2O3. The van der Waals surface area contributed by atoms with Gasteiger partial charge in [0.05, 0.1) is 13.2 Å². The van der Waals surface area contributed by atoms with Gasteiger partial charge in [0.25, 0.3) is 0 Å². The first-order valence-electron chi connectivity index (χ1n) is 5.37. The van der Waals surface area contributed by atoms with Crippen molar-refractivity contribution >= 4 is 5.91 Å². The molecule has 0 aromatic rings. The summed E-state index contributed by atoms with van der Waals surface area (Å²) in [7, 11) is 0. The fourth-order valence-corrected chi connectivity index (χ4v) is 1.65. The quantitative estimate of drug-likeness (QED) is 0.563. The lowest BCUT2D eigenvalue weighted by molar-refractivity contribution is -0.122. The van der Waals surface area contributed by atoms with Crippen LogP contribution in [0.5, 0.6) is 0 Å². The molecule has 1 saturated heterocycles. The van der Waals surface area contributed by atoms with E-state index in [4.69, 9.17) is 15.2 Å². The second kappa shape index (κ2) is 6.76. The summed E-state index contributed by atoms with van der Waals surface area (Å²) in [6.07, 6.45) is 1.12. The van der Waals surface area contributed by atoms with Crippen molar-refractivity contribution in [1.29, 1.82) is 0 Å². The largest absolute Gasteiger partial charge is 0.381 e. The molecule has 1 heterocycles. The number of hydrogen-bond donors (Lipinski definition) is 2. The van der Waals surface area contributed by atoms with Gasteiger partial charge in [0, 0.05) is 19.2 Å². The fourth-order valence-electron chi connectivity index (χ4n) is 1.65. The van der Waals surface area contributed by atoms with E-state index >= 15 is 0 Å². The van der Waals surface area contributed by atoms with E-state index in [1.807, 2.05) is 0 Å². The summed E-state index contributed by atoms with van der Waals surface area (Å²) in [6.45, 7) is 5.12. The van der Waals surface area contributed by atoms with Gasteiger partial charge < -0.3 is 20.5 Å². The van der Waals surface area contributed by atoms with Crippen LogP contribution in [0.4, 0.5) is 0 Å². The minimum absolute atomic E-state index is 0.00258. The van der Waals surface area contributed by atoms with Crippen LogP contribution in [-0.4, -0.2) is 44.9 Å². The van der Waals surface area contributed by atoms with Crippen LogP contribution in [0.1, 0.15) is 13.3 Å². The van der Waals surface area contributed by atoms with E-state index in [-0.39, 0.29) is 6.61 Å². The summed E-state index contributed by atoms with van der Waals surface area (Å²) in [4.78, 5) is 10.4. The molecule has 0 bridgehead atoms. The van der Waals surface area contributed by atoms with Crippen molar-refractivity contribution < 1.29 is 14.3 Å². The molecule has 2 atom stereocenters. The van der Waals surface area contributed by atoms with Gasteiger partial charge in [-0.25, -0.2) is 0 Å². The summed E-state index contributed by atoms with van der Waals surface area (Å²) in [6, 6.07) is 0.435. The van der Waals surface area contributed by atoms with Gasteiger partial charge in [0.15, 0.2) is 0 Å². The molecule has 1 aliphatic rings. The smallest absolute Gasteiger partial charge is 0.243 e. The monoisotopic (exact) mass is 216 g/mol. The Labute approximate surface area is 90.3 Å². The van der Waals surface area contributed by atoms with Crippen LogP contribution >= 0.6 is 0 Å². The molecule has 1 rings (SSSR count). The van der Waals surface area contributed by atoms with Crippen molar-refractivity contribution in [3.8, 4) is 0 Å². The summed E-state index contributed by atoms with van der Waals surface area (Å²) in [5.74, 6) is 0.174. The maximum Gasteiger partial charge on any atom is 0.243 e. The van der Waals surface area contributed by atoms with Crippen LogP contribution < -0.4 is 11.1 Å². The van der Waals surface area contributed by atoms with Crippen molar-refractivity contribution in [2.75, 3.05) is 33.0 Å². The fraction of sp³-hybridized carbons (Fsp3) is 0.900. The highest BCUT2D eigenvalue weighted by Gasteiger charge is 2.21. The number of carbonyl (C=O) groups excluding carboxylic acids is 1. The van der Waals surface area contributed by atoms with Crippen molar-refractivity contribution in [2.45, 2.75) is 19.4 Å². The molecule has 2 unspecified atom stereocenters. The third-order valence-electron chi connectivity index (χ3n) is 2.63. The van der Waals surface area contributed by atoms with Gasteiger partial charge in [-0.3, -0.25) is 4.79 Å². The number of amides is 1. The van der Waals surface area contributed by atoms with E-state index in [0.29, 0.717) is 18.6 Å². The highest BCUT2D eigenvalue weighted by Crippen LogP contribution is 2.15. The van der Waals surface area contributed by atoms with Crippen molar-refractivity contribution in [2.24, 2.45) is 11.7 Å². The lowest BCUT2D eigenvalue weighted by atomic mass is 10.0. The SMILES string of the molecule is CC(NCCOCC(N)=O)C1CCOC1. The molecule has 0 aromatic carbocycles. The second-order valence-electron chi connectivity index (χ2n) is 3.89. The lowest BCUT2D eigenvalue weighted by Gasteiger charge is -2.18. The minimum atomic E-state index is -0.424. The molecule has 1 fully saturated rings. The van der Waals surface area contributed by atoms with Crippen LogP contribution in [0.2, 0.25) is 0 Å². The van der Waals surface area contributed by atoms with Crippen LogP contribution in [-0.2, 0) is 14.3 Å². The number of carbonyl (C=O) groups is 1. The number of nitrogens with two attached hydrogens (primary N) is 1. The Kier molecular flexibility index (Phi) is 5.60. The molecular weight excluding hydrogens is 196 g/mol. The average Bonchev–Trinajstić information content (AvgIpc) is 2.69. The average molecular weight is 216 g/mol. The number of rotatable bonds is 7. The molecule has 5 heteroatoms. The first-order valence-corrected chi connectivity index (χ1v) is 5.37. The molecule has 0 aromatic heterocycles. The topological polar surface area (TPSA) is 73.6 Å². The normalized spacial score (nSPS) is 22.9. The summed E-state index contributed by atoms with van der Waals surface area (Å²) in [5, 5.41) is 3.34. The molecule has 0 saturated carbocycles. The highest BCUT2D eigenvalue weighted by atomic mass is 16.5. The molecule has 88 valence electrons. The van der Waals surface area contributed by atoms with Gasteiger partial charge in [0.2, 0.25) is 5.91 Å². The third-order valence-corrected chi connectivity index (χ3v) is 2.63. The van der Waals surface area contributed by atoms with E-state index in [1.54, 1.807) is 0 Å². The van der Waals surface area contributed by atoms with Gasteiger partial charge >= 0.3 is 0 Å². The van der Waals surface area contributed by atoms with E-state index in [9.17, 15) is 4.79 Å². The molecule has 5 nitrogen and oxygen atoms in total. The third kappa shape index (κ3) is 5.11. The number of hydrogen-bond acceptors (Lipinski definition) is 4. The zero-order chi connectivity index (χ0) is 11.1. The number of ether oxygens (including phenoxy) is 2. The summed E-state index contributed by atoms with van der Waals surface area (Å²) >= 11 is 0. The highest BCUT2D eigenvalue weighted by molar-refractivity contribution is 5.74. The molecule has 1 aliphatic heterocycles. The van der Waals surface area contributed by atoms with Crippen molar-refractivity contribution in [3.63, 3.8) is 0 Å². The van der Waals surface area contributed by atoms with Gasteiger partial charge in [0.1, 0.15) is 6.61 Å². The standard InChI is InChI=1S/C10H20N2O3/c1-8(9-2-4-14-6-9)12-3-5-15-7-10(11)13/h8-9,12H,2-7H2,1H3,(H2,11,13). The zero-order valence-electron chi connectivity index (χ0n) is 9.20. The van der Waals surface area contributed by atoms with Crippen molar-refractivity contribution in [3.05, 3.63) is 0 Å². The van der Waals surface area contributed by atoms with E-state index in [0.717, 1.165) is 26.2 Å².